The zero-order valence-electron chi connectivity index (χ0n) is 11.8. The van der Waals surface area contributed by atoms with Gasteiger partial charge in [0.05, 0.1) is 5.92 Å². The molecule has 1 aromatic carbocycles. The SMILES string of the molecule is O=C(O)[C@H]1CN(C(=O)OCc2ccccc2)C[C@H]1C1CC1. The summed E-state index contributed by atoms with van der Waals surface area (Å²) in [6, 6.07) is 9.48. The van der Waals surface area contributed by atoms with E-state index in [9.17, 15) is 14.7 Å². The van der Waals surface area contributed by atoms with Gasteiger partial charge >= 0.3 is 12.1 Å². The van der Waals surface area contributed by atoms with Crippen LogP contribution in [0.4, 0.5) is 4.79 Å². The Labute approximate surface area is 123 Å². The van der Waals surface area contributed by atoms with Gasteiger partial charge in [-0.3, -0.25) is 4.79 Å². The molecule has 5 heteroatoms. The minimum atomic E-state index is -0.801. The second-order valence-electron chi connectivity index (χ2n) is 5.89. The summed E-state index contributed by atoms with van der Waals surface area (Å²) < 4.78 is 5.28. The third-order valence-electron chi connectivity index (χ3n) is 4.37. The first kappa shape index (κ1) is 13.9. The van der Waals surface area contributed by atoms with Crippen molar-refractivity contribution in [3.05, 3.63) is 35.9 Å². The van der Waals surface area contributed by atoms with E-state index in [1.54, 1.807) is 4.90 Å². The lowest BCUT2D eigenvalue weighted by molar-refractivity contribution is -0.142. The number of carbonyl (C=O) groups excluding carboxylic acids is 1. The Morgan fingerprint density at radius 1 is 1.19 bits per heavy atom. The lowest BCUT2D eigenvalue weighted by Gasteiger charge is -2.16. The molecule has 1 saturated heterocycles. The minimum absolute atomic E-state index is 0.0896. The zero-order valence-corrected chi connectivity index (χ0v) is 11.8. The predicted molar refractivity (Wildman–Crippen MR) is 75.5 cm³/mol. The van der Waals surface area contributed by atoms with Gasteiger partial charge in [0.1, 0.15) is 6.61 Å². The first-order valence-corrected chi connectivity index (χ1v) is 7.33. The Morgan fingerprint density at radius 3 is 2.52 bits per heavy atom. The Kier molecular flexibility index (Phi) is 3.82. The molecule has 2 fully saturated rings. The molecule has 1 N–H and O–H groups in total. The van der Waals surface area contributed by atoms with Crippen LogP contribution in [0.1, 0.15) is 18.4 Å². The maximum absolute atomic E-state index is 12.1. The quantitative estimate of drug-likeness (QED) is 0.924. The van der Waals surface area contributed by atoms with Crippen molar-refractivity contribution in [2.75, 3.05) is 13.1 Å². The molecule has 112 valence electrons. The summed E-state index contributed by atoms with van der Waals surface area (Å²) in [6.45, 7) is 1.00. The van der Waals surface area contributed by atoms with Crippen LogP contribution < -0.4 is 0 Å². The fourth-order valence-corrected chi connectivity index (χ4v) is 3.05. The number of aliphatic carboxylic acids is 1. The molecule has 2 atom stereocenters. The number of rotatable bonds is 4. The Hall–Kier alpha value is -2.04. The largest absolute Gasteiger partial charge is 0.481 e. The van der Waals surface area contributed by atoms with Crippen molar-refractivity contribution in [3.8, 4) is 0 Å². The van der Waals surface area contributed by atoms with E-state index in [4.69, 9.17) is 4.74 Å². The zero-order chi connectivity index (χ0) is 14.8. The van der Waals surface area contributed by atoms with Crippen molar-refractivity contribution >= 4 is 12.1 Å². The van der Waals surface area contributed by atoms with Crippen LogP contribution in [0.3, 0.4) is 0 Å². The van der Waals surface area contributed by atoms with Crippen LogP contribution in [0.25, 0.3) is 0 Å². The number of hydrogen-bond acceptors (Lipinski definition) is 3. The smallest absolute Gasteiger partial charge is 0.410 e. The standard InChI is InChI=1S/C16H19NO4/c18-15(19)14-9-17(8-13(14)12-6-7-12)16(20)21-10-11-4-2-1-3-5-11/h1-5,12-14H,6-10H2,(H,18,19)/t13-,14-/m0/s1. The molecule has 3 rings (SSSR count). The van der Waals surface area contributed by atoms with Crippen LogP contribution in [-0.2, 0) is 16.1 Å². The molecule has 1 aliphatic heterocycles. The Balaban J connectivity index is 1.56. The number of nitrogens with zero attached hydrogens (tertiary/aromatic N) is 1. The van der Waals surface area contributed by atoms with Gasteiger partial charge < -0.3 is 14.7 Å². The van der Waals surface area contributed by atoms with Crippen molar-refractivity contribution in [2.24, 2.45) is 17.8 Å². The maximum Gasteiger partial charge on any atom is 0.410 e. The van der Waals surface area contributed by atoms with Crippen LogP contribution in [0.5, 0.6) is 0 Å². The monoisotopic (exact) mass is 289 g/mol. The number of carbonyl (C=O) groups is 2. The summed E-state index contributed by atoms with van der Waals surface area (Å²) in [5, 5.41) is 9.29. The molecule has 0 spiro atoms. The summed E-state index contributed by atoms with van der Waals surface area (Å²) in [4.78, 5) is 24.9. The molecule has 1 aliphatic carbocycles. The summed E-state index contributed by atoms with van der Waals surface area (Å²) in [5.74, 6) is -0.683. The second-order valence-corrected chi connectivity index (χ2v) is 5.89. The van der Waals surface area contributed by atoms with Crippen molar-refractivity contribution in [1.82, 2.24) is 4.90 Å². The number of benzene rings is 1. The molecule has 1 saturated carbocycles. The number of hydrogen-bond donors (Lipinski definition) is 1. The van der Waals surface area contributed by atoms with E-state index in [1.165, 1.54) is 0 Å². The molecule has 5 nitrogen and oxygen atoms in total. The molecular formula is C16H19NO4. The first-order chi connectivity index (χ1) is 10.1. The topological polar surface area (TPSA) is 66.8 Å². The summed E-state index contributed by atoms with van der Waals surface area (Å²) in [7, 11) is 0. The predicted octanol–water partition coefficient (Wildman–Crippen LogP) is 2.37. The molecule has 21 heavy (non-hydrogen) atoms. The first-order valence-electron chi connectivity index (χ1n) is 7.33. The van der Waals surface area contributed by atoms with Crippen molar-refractivity contribution in [1.29, 1.82) is 0 Å². The van der Waals surface area contributed by atoms with E-state index >= 15 is 0 Å². The van der Waals surface area contributed by atoms with Crippen molar-refractivity contribution < 1.29 is 19.4 Å². The molecule has 1 aromatic rings. The Morgan fingerprint density at radius 2 is 1.90 bits per heavy atom. The molecule has 0 unspecified atom stereocenters. The van der Waals surface area contributed by atoms with Crippen LogP contribution >= 0.6 is 0 Å². The lowest BCUT2D eigenvalue weighted by atomic mass is 9.92. The van der Waals surface area contributed by atoms with Gasteiger partial charge in [-0.1, -0.05) is 30.3 Å². The van der Waals surface area contributed by atoms with Gasteiger partial charge in [0.2, 0.25) is 0 Å². The highest BCUT2D eigenvalue weighted by atomic mass is 16.6. The van der Waals surface area contributed by atoms with Crippen LogP contribution in [0.2, 0.25) is 0 Å². The average Bonchev–Trinajstić information content (AvgIpc) is 3.24. The van der Waals surface area contributed by atoms with E-state index < -0.39 is 18.0 Å². The number of carboxylic acid groups (broad SMARTS) is 1. The molecule has 0 aromatic heterocycles. The highest BCUT2D eigenvalue weighted by Gasteiger charge is 2.47. The molecule has 0 radical (unpaired) electrons. The molecular weight excluding hydrogens is 270 g/mol. The normalized spacial score (nSPS) is 24.9. The third-order valence-corrected chi connectivity index (χ3v) is 4.37. The molecule has 2 aliphatic rings. The minimum Gasteiger partial charge on any atom is -0.481 e. The van der Waals surface area contributed by atoms with Gasteiger partial charge in [-0.25, -0.2) is 4.79 Å². The van der Waals surface area contributed by atoms with E-state index in [0.29, 0.717) is 12.5 Å². The highest BCUT2D eigenvalue weighted by Crippen LogP contribution is 2.44. The van der Waals surface area contributed by atoms with Crippen LogP contribution in [0, 0.1) is 17.8 Å². The van der Waals surface area contributed by atoms with Crippen LogP contribution in [0.15, 0.2) is 30.3 Å². The maximum atomic E-state index is 12.1. The van der Waals surface area contributed by atoms with E-state index in [2.05, 4.69) is 0 Å². The highest BCUT2D eigenvalue weighted by molar-refractivity contribution is 5.74. The third kappa shape index (κ3) is 3.17. The average molecular weight is 289 g/mol. The van der Waals surface area contributed by atoms with E-state index in [-0.39, 0.29) is 19.1 Å². The van der Waals surface area contributed by atoms with Gasteiger partial charge in [0.15, 0.2) is 0 Å². The second kappa shape index (κ2) is 5.76. The number of carboxylic acids is 1. The lowest BCUT2D eigenvalue weighted by Crippen LogP contribution is -2.30. The van der Waals surface area contributed by atoms with Crippen LogP contribution in [-0.4, -0.2) is 35.2 Å². The van der Waals surface area contributed by atoms with Gasteiger partial charge in [0.25, 0.3) is 0 Å². The fraction of sp³-hybridized carbons (Fsp3) is 0.500. The van der Waals surface area contributed by atoms with Gasteiger partial charge in [-0.2, -0.15) is 0 Å². The number of likely N-dealkylation sites (tertiary alicyclic amines) is 1. The summed E-state index contributed by atoms with van der Waals surface area (Å²) in [6.07, 6.45) is 1.76. The molecule has 1 heterocycles. The Bertz CT molecular complexity index is 526. The molecule has 1 amide bonds. The summed E-state index contributed by atoms with van der Waals surface area (Å²) >= 11 is 0. The van der Waals surface area contributed by atoms with E-state index in [1.807, 2.05) is 30.3 Å². The summed E-state index contributed by atoms with van der Waals surface area (Å²) in [5.41, 5.74) is 0.929. The van der Waals surface area contributed by atoms with Gasteiger partial charge in [-0.15, -0.1) is 0 Å². The van der Waals surface area contributed by atoms with Gasteiger partial charge in [-0.05, 0) is 30.2 Å². The number of ether oxygens (including phenoxy) is 1. The van der Waals surface area contributed by atoms with Crippen molar-refractivity contribution in [3.63, 3.8) is 0 Å². The van der Waals surface area contributed by atoms with E-state index in [0.717, 1.165) is 18.4 Å². The fourth-order valence-electron chi connectivity index (χ4n) is 3.05. The van der Waals surface area contributed by atoms with Crippen molar-refractivity contribution in [2.45, 2.75) is 19.4 Å². The van der Waals surface area contributed by atoms with Gasteiger partial charge in [0, 0.05) is 13.1 Å². The molecule has 0 bridgehead atoms. The number of amides is 1.